The molecular weight excluding hydrogens is 332 g/mol. The summed E-state index contributed by atoms with van der Waals surface area (Å²) in [6.45, 7) is 6.19. The molecule has 1 N–H and O–H groups in total. The summed E-state index contributed by atoms with van der Waals surface area (Å²) < 4.78 is 5.81. The van der Waals surface area contributed by atoms with Crippen LogP contribution in [0.3, 0.4) is 0 Å². The van der Waals surface area contributed by atoms with Crippen molar-refractivity contribution in [3.63, 3.8) is 0 Å². The number of oxazole rings is 1. The fourth-order valence-corrected chi connectivity index (χ4v) is 4.07. The first-order valence-electron chi connectivity index (χ1n) is 8.37. The van der Waals surface area contributed by atoms with Crippen LogP contribution in [0.25, 0.3) is 11.1 Å². The van der Waals surface area contributed by atoms with Gasteiger partial charge in [-0.25, -0.2) is 4.98 Å². The standard InChI is InChI=1S/C20H20N2O2S/c1-20(2,3)19-22-14-11-13(8-9-15(14)24-19)21-18(23)17-10-12-6-4-5-7-16(12)25-17/h4-9,11,17H,10H2,1-3H3,(H,21,23). The maximum absolute atomic E-state index is 12.6. The van der Waals surface area contributed by atoms with Crippen molar-refractivity contribution in [2.45, 2.75) is 42.8 Å². The van der Waals surface area contributed by atoms with Crippen molar-refractivity contribution in [3.8, 4) is 0 Å². The minimum absolute atomic E-state index is 0.0279. The smallest absolute Gasteiger partial charge is 0.238 e. The van der Waals surface area contributed by atoms with Gasteiger partial charge in [-0.3, -0.25) is 4.79 Å². The zero-order chi connectivity index (χ0) is 17.6. The van der Waals surface area contributed by atoms with Crippen LogP contribution in [-0.2, 0) is 16.6 Å². The van der Waals surface area contributed by atoms with E-state index in [1.165, 1.54) is 10.5 Å². The van der Waals surface area contributed by atoms with Gasteiger partial charge in [0.05, 0.1) is 5.25 Å². The van der Waals surface area contributed by atoms with E-state index in [0.717, 1.165) is 23.2 Å². The number of rotatable bonds is 2. The van der Waals surface area contributed by atoms with Crippen LogP contribution in [0.2, 0.25) is 0 Å². The molecule has 1 atom stereocenters. The van der Waals surface area contributed by atoms with Crippen LogP contribution in [0.15, 0.2) is 51.8 Å². The molecule has 1 unspecified atom stereocenters. The van der Waals surface area contributed by atoms with Crippen LogP contribution in [0.5, 0.6) is 0 Å². The quantitative estimate of drug-likeness (QED) is 0.721. The first-order chi connectivity index (χ1) is 11.9. The number of anilines is 1. The minimum atomic E-state index is -0.144. The van der Waals surface area contributed by atoms with Gasteiger partial charge in [0.2, 0.25) is 11.8 Å². The third-order valence-corrected chi connectivity index (χ3v) is 5.55. The Morgan fingerprint density at radius 1 is 1.24 bits per heavy atom. The van der Waals surface area contributed by atoms with Crippen molar-refractivity contribution >= 4 is 34.5 Å². The molecule has 4 nitrogen and oxygen atoms in total. The van der Waals surface area contributed by atoms with Crippen molar-refractivity contribution in [3.05, 3.63) is 53.9 Å². The highest BCUT2D eigenvalue weighted by molar-refractivity contribution is 8.01. The van der Waals surface area contributed by atoms with E-state index >= 15 is 0 Å². The van der Waals surface area contributed by atoms with E-state index in [9.17, 15) is 4.79 Å². The molecule has 2 heterocycles. The lowest BCUT2D eigenvalue weighted by molar-refractivity contribution is -0.115. The van der Waals surface area contributed by atoms with E-state index in [1.54, 1.807) is 11.8 Å². The molecule has 1 aromatic heterocycles. The lowest BCUT2D eigenvalue weighted by Crippen LogP contribution is -2.24. The fourth-order valence-electron chi connectivity index (χ4n) is 2.88. The first-order valence-corrected chi connectivity index (χ1v) is 9.24. The SMILES string of the molecule is CC(C)(C)c1nc2cc(NC(=O)C3Cc4ccccc4S3)ccc2o1. The molecule has 4 rings (SSSR count). The van der Waals surface area contributed by atoms with Crippen molar-refractivity contribution < 1.29 is 9.21 Å². The fraction of sp³-hybridized carbons (Fsp3) is 0.300. The molecule has 3 aromatic rings. The lowest BCUT2D eigenvalue weighted by Gasteiger charge is -2.11. The summed E-state index contributed by atoms with van der Waals surface area (Å²) in [6.07, 6.45) is 0.771. The molecule has 0 bridgehead atoms. The maximum atomic E-state index is 12.6. The molecule has 0 radical (unpaired) electrons. The highest BCUT2D eigenvalue weighted by atomic mass is 32.2. The minimum Gasteiger partial charge on any atom is -0.440 e. The second-order valence-electron chi connectivity index (χ2n) is 7.36. The number of carbonyl (C=O) groups is 1. The van der Waals surface area contributed by atoms with Gasteiger partial charge in [-0.15, -0.1) is 11.8 Å². The van der Waals surface area contributed by atoms with Crippen LogP contribution >= 0.6 is 11.8 Å². The Bertz CT molecular complexity index is 931. The number of thioether (sulfide) groups is 1. The predicted molar refractivity (Wildman–Crippen MR) is 101 cm³/mol. The molecule has 0 aliphatic carbocycles. The van der Waals surface area contributed by atoms with Gasteiger partial charge in [0, 0.05) is 16.0 Å². The first kappa shape index (κ1) is 16.2. The molecule has 0 saturated heterocycles. The Balaban J connectivity index is 1.52. The molecule has 0 fully saturated rings. The van der Waals surface area contributed by atoms with Gasteiger partial charge in [0.1, 0.15) is 5.52 Å². The van der Waals surface area contributed by atoms with Crippen LogP contribution in [0.4, 0.5) is 5.69 Å². The molecule has 5 heteroatoms. The van der Waals surface area contributed by atoms with Gasteiger partial charge < -0.3 is 9.73 Å². The Morgan fingerprint density at radius 2 is 2.04 bits per heavy atom. The van der Waals surface area contributed by atoms with Crippen molar-refractivity contribution in [2.24, 2.45) is 0 Å². The van der Waals surface area contributed by atoms with E-state index < -0.39 is 0 Å². The van der Waals surface area contributed by atoms with Crippen LogP contribution in [0.1, 0.15) is 32.2 Å². The van der Waals surface area contributed by atoms with Crippen molar-refractivity contribution in [1.82, 2.24) is 4.98 Å². The summed E-state index contributed by atoms with van der Waals surface area (Å²) in [7, 11) is 0. The van der Waals surface area contributed by atoms with E-state index in [4.69, 9.17) is 4.42 Å². The van der Waals surface area contributed by atoms with E-state index in [-0.39, 0.29) is 16.6 Å². The van der Waals surface area contributed by atoms with Crippen LogP contribution in [-0.4, -0.2) is 16.1 Å². The number of nitrogens with zero attached hydrogens (tertiary/aromatic N) is 1. The average Bonchev–Trinajstić information content (AvgIpc) is 3.18. The van der Waals surface area contributed by atoms with Crippen LogP contribution in [0, 0.1) is 0 Å². The second-order valence-corrected chi connectivity index (χ2v) is 8.60. The topological polar surface area (TPSA) is 55.1 Å². The highest BCUT2D eigenvalue weighted by Gasteiger charge is 2.28. The highest BCUT2D eigenvalue weighted by Crippen LogP contribution is 2.37. The summed E-state index contributed by atoms with van der Waals surface area (Å²) in [5.41, 5.74) is 3.36. The number of fused-ring (bicyclic) bond motifs is 2. The van der Waals surface area contributed by atoms with Gasteiger partial charge >= 0.3 is 0 Å². The summed E-state index contributed by atoms with van der Waals surface area (Å²) >= 11 is 1.63. The third kappa shape index (κ3) is 3.16. The number of nitrogens with one attached hydrogen (secondary N) is 1. The summed E-state index contributed by atoms with van der Waals surface area (Å²) in [6, 6.07) is 13.8. The van der Waals surface area contributed by atoms with Crippen molar-refractivity contribution in [2.75, 3.05) is 5.32 Å². The molecule has 0 saturated carbocycles. The summed E-state index contributed by atoms with van der Waals surface area (Å²) in [4.78, 5) is 18.4. The normalized spacial score (nSPS) is 16.8. The van der Waals surface area contributed by atoms with Crippen molar-refractivity contribution in [1.29, 1.82) is 0 Å². The number of hydrogen-bond acceptors (Lipinski definition) is 4. The Labute approximate surface area is 151 Å². The van der Waals surface area contributed by atoms with Crippen LogP contribution < -0.4 is 5.32 Å². The number of amides is 1. The van der Waals surface area contributed by atoms with Gasteiger partial charge in [-0.05, 0) is 36.2 Å². The molecule has 128 valence electrons. The molecule has 1 aliphatic heterocycles. The molecule has 1 amide bonds. The van der Waals surface area contributed by atoms with Gasteiger partial charge in [0.25, 0.3) is 0 Å². The van der Waals surface area contributed by atoms with Gasteiger partial charge in [-0.1, -0.05) is 39.0 Å². The molecule has 1 aliphatic rings. The zero-order valence-electron chi connectivity index (χ0n) is 14.5. The zero-order valence-corrected chi connectivity index (χ0v) is 15.3. The maximum Gasteiger partial charge on any atom is 0.238 e. The summed E-state index contributed by atoms with van der Waals surface area (Å²) in [5.74, 6) is 0.730. The molecule has 25 heavy (non-hydrogen) atoms. The van der Waals surface area contributed by atoms with E-state index in [2.05, 4.69) is 43.2 Å². The average molecular weight is 352 g/mol. The predicted octanol–water partition coefficient (Wildman–Crippen LogP) is 4.78. The largest absolute Gasteiger partial charge is 0.440 e. The molecular formula is C20H20N2O2S. The Hall–Kier alpha value is -2.27. The monoisotopic (exact) mass is 352 g/mol. The molecule has 2 aromatic carbocycles. The Kier molecular flexibility index (Phi) is 3.84. The lowest BCUT2D eigenvalue weighted by atomic mass is 9.97. The Morgan fingerprint density at radius 3 is 2.80 bits per heavy atom. The number of benzene rings is 2. The number of aromatic nitrogens is 1. The number of hydrogen-bond donors (Lipinski definition) is 1. The third-order valence-electron chi connectivity index (χ3n) is 4.24. The molecule has 0 spiro atoms. The van der Waals surface area contributed by atoms with Gasteiger partial charge in [-0.2, -0.15) is 0 Å². The van der Waals surface area contributed by atoms with E-state index in [1.807, 2.05) is 30.3 Å². The van der Waals surface area contributed by atoms with Gasteiger partial charge in [0.15, 0.2) is 5.58 Å². The second kappa shape index (κ2) is 5.92. The van der Waals surface area contributed by atoms with E-state index in [0.29, 0.717) is 5.89 Å². The summed E-state index contributed by atoms with van der Waals surface area (Å²) in [5, 5.41) is 2.93. The number of carbonyl (C=O) groups excluding carboxylic acids is 1.